The molecular weight excluding hydrogens is 302 g/mol. The molecule has 1 unspecified atom stereocenters. The zero-order chi connectivity index (χ0) is 16.6. The Bertz CT molecular complexity index is 493. The average molecular weight is 328 g/mol. The number of amides is 1. The van der Waals surface area contributed by atoms with Gasteiger partial charge in [-0.15, -0.1) is 0 Å². The minimum absolute atomic E-state index is 0.150. The van der Waals surface area contributed by atoms with Crippen molar-refractivity contribution in [3.05, 3.63) is 23.2 Å². The molecule has 5 heteroatoms. The lowest BCUT2D eigenvalue weighted by Gasteiger charge is -2.28. The van der Waals surface area contributed by atoms with Crippen LogP contribution >= 0.6 is 11.6 Å². The van der Waals surface area contributed by atoms with E-state index in [1.165, 1.54) is 0 Å². The molecule has 0 spiro atoms. The molecule has 0 heterocycles. The minimum atomic E-state index is -0.824. The Kier molecular flexibility index (Phi) is 7.69. The second-order valence-corrected chi connectivity index (χ2v) is 5.71. The van der Waals surface area contributed by atoms with Gasteiger partial charge < -0.3 is 14.8 Å². The van der Waals surface area contributed by atoms with Crippen LogP contribution in [0.15, 0.2) is 18.2 Å². The molecule has 1 rings (SSSR count). The molecule has 0 bridgehead atoms. The number of carbonyl (C=O) groups is 1. The summed E-state index contributed by atoms with van der Waals surface area (Å²) in [4.78, 5) is 12.5. The van der Waals surface area contributed by atoms with Gasteiger partial charge in [-0.05, 0) is 45.4 Å². The summed E-state index contributed by atoms with van der Waals surface area (Å²) in [6.07, 6.45) is 2.65. The van der Waals surface area contributed by atoms with Crippen LogP contribution in [0.25, 0.3) is 0 Å². The maximum atomic E-state index is 12.5. The molecule has 1 N–H and O–H groups in total. The first-order valence-electron chi connectivity index (χ1n) is 7.84. The molecule has 0 saturated carbocycles. The number of halogens is 1. The highest BCUT2D eigenvalue weighted by Gasteiger charge is 2.33. The first kappa shape index (κ1) is 18.8. The number of hydrogen-bond donors (Lipinski definition) is 1. The Morgan fingerprint density at radius 1 is 1.27 bits per heavy atom. The third-order valence-electron chi connectivity index (χ3n) is 3.44. The third kappa shape index (κ3) is 5.18. The summed E-state index contributed by atoms with van der Waals surface area (Å²) in [5.74, 6) is 0.462. The van der Waals surface area contributed by atoms with Crippen molar-refractivity contribution in [1.29, 1.82) is 0 Å². The van der Waals surface area contributed by atoms with Crippen LogP contribution in [-0.4, -0.2) is 24.7 Å². The van der Waals surface area contributed by atoms with Gasteiger partial charge in [0.05, 0.1) is 11.6 Å². The van der Waals surface area contributed by atoms with E-state index in [0.717, 1.165) is 12.8 Å². The Morgan fingerprint density at radius 3 is 2.55 bits per heavy atom. The van der Waals surface area contributed by atoms with Gasteiger partial charge >= 0.3 is 0 Å². The Hall–Kier alpha value is -1.26. The van der Waals surface area contributed by atoms with Crippen molar-refractivity contribution in [3.63, 3.8) is 0 Å². The predicted molar refractivity (Wildman–Crippen MR) is 90.8 cm³/mol. The number of rotatable bonds is 9. The lowest BCUT2D eigenvalue weighted by Crippen LogP contribution is -2.42. The first-order valence-corrected chi connectivity index (χ1v) is 8.22. The van der Waals surface area contributed by atoms with Crippen LogP contribution in [0.5, 0.6) is 5.75 Å². The highest BCUT2D eigenvalue weighted by molar-refractivity contribution is 6.32. The fourth-order valence-electron chi connectivity index (χ4n) is 2.20. The van der Waals surface area contributed by atoms with E-state index in [2.05, 4.69) is 12.2 Å². The van der Waals surface area contributed by atoms with E-state index >= 15 is 0 Å². The lowest BCUT2D eigenvalue weighted by atomic mass is 9.97. The Morgan fingerprint density at radius 2 is 2.00 bits per heavy atom. The van der Waals surface area contributed by atoms with Crippen molar-refractivity contribution in [2.24, 2.45) is 0 Å². The van der Waals surface area contributed by atoms with Crippen molar-refractivity contribution >= 4 is 23.2 Å². The minimum Gasteiger partial charge on any atom is -0.492 e. The molecule has 4 nitrogen and oxygen atoms in total. The summed E-state index contributed by atoms with van der Waals surface area (Å²) < 4.78 is 11.1. The average Bonchev–Trinajstić information content (AvgIpc) is 2.48. The maximum Gasteiger partial charge on any atom is 0.256 e. The zero-order valence-electron chi connectivity index (χ0n) is 13.9. The van der Waals surface area contributed by atoms with Gasteiger partial charge in [0.2, 0.25) is 0 Å². The summed E-state index contributed by atoms with van der Waals surface area (Å²) in [5.41, 5.74) is -0.184. The second kappa shape index (κ2) is 9.01. The number of ether oxygens (including phenoxy) is 2. The molecule has 0 fully saturated rings. The molecule has 1 aromatic rings. The fourth-order valence-corrected chi connectivity index (χ4v) is 2.43. The standard InChI is InChI=1S/C17H26ClNO3/c1-5-8-11-17(4,22-7-3)16(20)19-13-9-10-15(21-6-2)14(18)12-13/h9-10,12H,5-8,11H2,1-4H3,(H,19,20). The normalized spacial score (nSPS) is 13.5. The van der Waals surface area contributed by atoms with Crippen molar-refractivity contribution in [2.75, 3.05) is 18.5 Å². The molecule has 124 valence electrons. The highest BCUT2D eigenvalue weighted by Crippen LogP contribution is 2.29. The quantitative estimate of drug-likeness (QED) is 0.717. The molecule has 0 radical (unpaired) electrons. The molecule has 22 heavy (non-hydrogen) atoms. The van der Waals surface area contributed by atoms with E-state index in [0.29, 0.717) is 36.1 Å². The van der Waals surface area contributed by atoms with Crippen LogP contribution < -0.4 is 10.1 Å². The first-order chi connectivity index (χ1) is 10.5. The predicted octanol–water partition coefficient (Wildman–Crippen LogP) is 4.66. The van der Waals surface area contributed by atoms with Crippen LogP contribution in [0, 0.1) is 0 Å². The van der Waals surface area contributed by atoms with Gasteiger partial charge in [0.25, 0.3) is 5.91 Å². The van der Waals surface area contributed by atoms with E-state index < -0.39 is 5.60 Å². The van der Waals surface area contributed by atoms with E-state index in [1.807, 2.05) is 20.8 Å². The molecule has 0 aliphatic heterocycles. The topological polar surface area (TPSA) is 47.6 Å². The van der Waals surface area contributed by atoms with Gasteiger partial charge in [-0.1, -0.05) is 31.4 Å². The van der Waals surface area contributed by atoms with Crippen LogP contribution in [-0.2, 0) is 9.53 Å². The largest absolute Gasteiger partial charge is 0.492 e. The van der Waals surface area contributed by atoms with Crippen molar-refractivity contribution in [3.8, 4) is 5.75 Å². The third-order valence-corrected chi connectivity index (χ3v) is 3.74. The van der Waals surface area contributed by atoms with Crippen molar-refractivity contribution < 1.29 is 14.3 Å². The van der Waals surface area contributed by atoms with E-state index in [4.69, 9.17) is 21.1 Å². The van der Waals surface area contributed by atoms with Crippen LogP contribution in [0.3, 0.4) is 0 Å². The fraction of sp³-hybridized carbons (Fsp3) is 0.588. The number of unbranched alkanes of at least 4 members (excludes halogenated alkanes) is 1. The van der Waals surface area contributed by atoms with Gasteiger partial charge in [-0.25, -0.2) is 0 Å². The highest BCUT2D eigenvalue weighted by atomic mass is 35.5. The molecule has 0 aliphatic rings. The number of carbonyl (C=O) groups excluding carboxylic acids is 1. The van der Waals surface area contributed by atoms with E-state index in [-0.39, 0.29) is 5.91 Å². The van der Waals surface area contributed by atoms with Gasteiger partial charge in [0, 0.05) is 12.3 Å². The summed E-state index contributed by atoms with van der Waals surface area (Å²) >= 11 is 6.14. The zero-order valence-corrected chi connectivity index (χ0v) is 14.6. The summed E-state index contributed by atoms with van der Waals surface area (Å²) in [5, 5.41) is 3.36. The SMILES string of the molecule is CCCCC(C)(OCC)C(=O)Nc1ccc(OCC)c(Cl)c1. The van der Waals surface area contributed by atoms with E-state index in [9.17, 15) is 4.79 Å². The van der Waals surface area contributed by atoms with Gasteiger partial charge in [0.1, 0.15) is 11.4 Å². The lowest BCUT2D eigenvalue weighted by molar-refractivity contribution is -0.139. The molecule has 0 saturated heterocycles. The molecule has 1 amide bonds. The van der Waals surface area contributed by atoms with E-state index in [1.54, 1.807) is 18.2 Å². The molecule has 1 aromatic carbocycles. The number of hydrogen-bond acceptors (Lipinski definition) is 3. The summed E-state index contributed by atoms with van der Waals surface area (Å²) in [7, 11) is 0. The number of benzene rings is 1. The maximum absolute atomic E-state index is 12.5. The number of nitrogens with one attached hydrogen (secondary N) is 1. The monoisotopic (exact) mass is 327 g/mol. The Balaban J connectivity index is 2.82. The smallest absolute Gasteiger partial charge is 0.256 e. The van der Waals surface area contributed by atoms with Crippen molar-refractivity contribution in [1.82, 2.24) is 0 Å². The Labute approximate surface area is 138 Å². The molecule has 1 atom stereocenters. The van der Waals surface area contributed by atoms with Crippen LogP contribution in [0.1, 0.15) is 47.0 Å². The van der Waals surface area contributed by atoms with Crippen LogP contribution in [0.4, 0.5) is 5.69 Å². The van der Waals surface area contributed by atoms with Crippen LogP contribution in [0.2, 0.25) is 5.02 Å². The summed E-state index contributed by atoms with van der Waals surface area (Å²) in [6, 6.07) is 5.23. The van der Waals surface area contributed by atoms with Crippen molar-refractivity contribution in [2.45, 2.75) is 52.6 Å². The number of anilines is 1. The van der Waals surface area contributed by atoms with Gasteiger partial charge in [-0.2, -0.15) is 0 Å². The molecular formula is C17H26ClNO3. The van der Waals surface area contributed by atoms with Gasteiger partial charge in [0.15, 0.2) is 0 Å². The molecule has 0 aromatic heterocycles. The summed E-state index contributed by atoms with van der Waals surface area (Å²) in [6.45, 7) is 8.76. The second-order valence-electron chi connectivity index (χ2n) is 5.30. The molecule has 0 aliphatic carbocycles. The van der Waals surface area contributed by atoms with Gasteiger partial charge in [-0.3, -0.25) is 4.79 Å².